The van der Waals surface area contributed by atoms with E-state index in [0.29, 0.717) is 30.0 Å². The van der Waals surface area contributed by atoms with Gasteiger partial charge in [-0.3, -0.25) is 9.59 Å². The van der Waals surface area contributed by atoms with Crippen LogP contribution in [0.1, 0.15) is 33.8 Å². The molecule has 0 radical (unpaired) electrons. The van der Waals surface area contributed by atoms with E-state index in [1.165, 1.54) is 10.7 Å². The molecular formula is C19H20N4O3. The van der Waals surface area contributed by atoms with Gasteiger partial charge in [-0.2, -0.15) is 5.10 Å². The molecule has 2 aromatic rings. The predicted octanol–water partition coefficient (Wildman–Crippen LogP) is 0.812. The van der Waals surface area contributed by atoms with E-state index in [-0.39, 0.29) is 23.3 Å². The zero-order valence-electron chi connectivity index (χ0n) is 14.2. The Morgan fingerprint density at radius 2 is 1.92 bits per heavy atom. The predicted molar refractivity (Wildman–Crippen MR) is 92.6 cm³/mol. The van der Waals surface area contributed by atoms with E-state index in [1.807, 2.05) is 18.2 Å². The first-order valence-electron chi connectivity index (χ1n) is 8.99. The molecule has 2 bridgehead atoms. The number of likely N-dealkylation sites (tertiary alicyclic amines) is 1. The molecule has 2 heterocycles. The molecule has 1 aromatic carbocycles. The maximum absolute atomic E-state index is 13.1. The number of para-hydroxylation sites is 1. The van der Waals surface area contributed by atoms with Gasteiger partial charge in [-0.15, -0.1) is 0 Å². The van der Waals surface area contributed by atoms with Crippen LogP contribution >= 0.6 is 0 Å². The van der Waals surface area contributed by atoms with E-state index in [0.717, 1.165) is 12.8 Å². The monoisotopic (exact) mass is 352 g/mol. The lowest BCUT2D eigenvalue weighted by atomic mass is 9.88. The first kappa shape index (κ1) is 15.6. The number of nitrogens with zero attached hydrogens (tertiary/aromatic N) is 3. The molecule has 5 atom stereocenters. The van der Waals surface area contributed by atoms with Gasteiger partial charge in [-0.1, -0.05) is 18.2 Å². The Kier molecular flexibility index (Phi) is 3.24. The normalized spacial score (nSPS) is 31.6. The van der Waals surface area contributed by atoms with E-state index < -0.39 is 12.0 Å². The van der Waals surface area contributed by atoms with Crippen LogP contribution in [0.3, 0.4) is 0 Å². The van der Waals surface area contributed by atoms with Crippen molar-refractivity contribution >= 4 is 11.8 Å². The molecule has 5 unspecified atom stereocenters. The molecule has 134 valence electrons. The van der Waals surface area contributed by atoms with Crippen LogP contribution in [-0.4, -0.2) is 50.3 Å². The van der Waals surface area contributed by atoms with Crippen molar-refractivity contribution in [1.29, 1.82) is 0 Å². The van der Waals surface area contributed by atoms with Crippen molar-refractivity contribution in [3.63, 3.8) is 0 Å². The van der Waals surface area contributed by atoms with Gasteiger partial charge < -0.3 is 15.7 Å². The number of aliphatic hydroxyl groups excluding tert-OH is 1. The van der Waals surface area contributed by atoms with Crippen LogP contribution < -0.4 is 5.73 Å². The van der Waals surface area contributed by atoms with Gasteiger partial charge in [0.05, 0.1) is 17.8 Å². The largest absolute Gasteiger partial charge is 0.391 e. The fourth-order valence-electron chi connectivity index (χ4n) is 5.22. The van der Waals surface area contributed by atoms with Gasteiger partial charge in [0, 0.05) is 12.6 Å². The standard InChI is InChI=1S/C19H20N4O3/c20-18(25)15-8-14(21-23(15)12-4-2-1-3-5-12)19(26)22-9-11-6-10-7-13(11)16(22)17(10)24/h1-5,8,10-11,13,16-17,24H,6-7,9H2,(H2,20,25). The van der Waals surface area contributed by atoms with Crippen LogP contribution in [0.2, 0.25) is 0 Å². The smallest absolute Gasteiger partial charge is 0.274 e. The summed E-state index contributed by atoms with van der Waals surface area (Å²) in [6.45, 7) is 0.659. The zero-order valence-corrected chi connectivity index (χ0v) is 14.2. The summed E-state index contributed by atoms with van der Waals surface area (Å²) in [7, 11) is 0. The molecule has 1 saturated heterocycles. The lowest BCUT2D eigenvalue weighted by molar-refractivity contribution is 0.0398. The number of hydrogen-bond acceptors (Lipinski definition) is 4. The van der Waals surface area contributed by atoms with Crippen LogP contribution in [0.4, 0.5) is 0 Å². The molecule has 3 aliphatic rings. The summed E-state index contributed by atoms with van der Waals surface area (Å²) in [6, 6.07) is 10.5. The average molecular weight is 352 g/mol. The van der Waals surface area contributed by atoms with Crippen molar-refractivity contribution in [2.75, 3.05) is 6.54 Å². The number of amides is 2. The van der Waals surface area contributed by atoms with Gasteiger partial charge in [0.1, 0.15) is 5.69 Å². The number of carbonyl (C=O) groups excluding carboxylic acids is 2. The molecular weight excluding hydrogens is 332 g/mol. The fourth-order valence-corrected chi connectivity index (χ4v) is 5.22. The third-order valence-electron chi connectivity index (χ3n) is 6.29. The second kappa shape index (κ2) is 5.41. The van der Waals surface area contributed by atoms with E-state index in [1.54, 1.807) is 17.0 Å². The lowest BCUT2D eigenvalue weighted by Crippen LogP contribution is -2.43. The fraction of sp³-hybridized carbons (Fsp3) is 0.421. The maximum atomic E-state index is 13.1. The van der Waals surface area contributed by atoms with Crippen LogP contribution in [0.15, 0.2) is 36.4 Å². The van der Waals surface area contributed by atoms with Crippen molar-refractivity contribution in [3.05, 3.63) is 47.8 Å². The summed E-state index contributed by atoms with van der Waals surface area (Å²) in [6.07, 6.45) is 1.55. The van der Waals surface area contributed by atoms with Crippen molar-refractivity contribution in [2.45, 2.75) is 25.0 Å². The molecule has 0 spiro atoms. The Balaban J connectivity index is 1.51. The van der Waals surface area contributed by atoms with Gasteiger partial charge in [-0.25, -0.2) is 4.68 Å². The van der Waals surface area contributed by atoms with Crippen LogP contribution in [0, 0.1) is 17.8 Å². The zero-order chi connectivity index (χ0) is 18.0. The molecule has 1 aromatic heterocycles. The van der Waals surface area contributed by atoms with Gasteiger partial charge in [0.25, 0.3) is 11.8 Å². The Bertz CT molecular complexity index is 891. The van der Waals surface area contributed by atoms with E-state index in [9.17, 15) is 14.7 Å². The number of primary amides is 1. The number of hydrogen-bond donors (Lipinski definition) is 2. The summed E-state index contributed by atoms with van der Waals surface area (Å²) in [5.41, 5.74) is 6.53. The van der Waals surface area contributed by atoms with E-state index in [4.69, 9.17) is 5.73 Å². The third kappa shape index (κ3) is 2.07. The minimum absolute atomic E-state index is 0.120. The average Bonchev–Trinajstić information content (AvgIpc) is 3.36. The summed E-state index contributed by atoms with van der Waals surface area (Å²) < 4.78 is 1.41. The Labute approximate surface area is 150 Å². The Morgan fingerprint density at radius 1 is 1.15 bits per heavy atom. The molecule has 3 fully saturated rings. The highest BCUT2D eigenvalue weighted by Crippen LogP contribution is 2.55. The van der Waals surface area contributed by atoms with Crippen molar-refractivity contribution in [2.24, 2.45) is 23.5 Å². The molecule has 7 nitrogen and oxygen atoms in total. The third-order valence-corrected chi connectivity index (χ3v) is 6.29. The lowest BCUT2D eigenvalue weighted by Gasteiger charge is -2.28. The molecule has 7 heteroatoms. The summed E-state index contributed by atoms with van der Waals surface area (Å²) >= 11 is 0. The summed E-state index contributed by atoms with van der Waals surface area (Å²) in [5, 5.41) is 14.9. The second-order valence-electron chi connectivity index (χ2n) is 7.62. The number of benzene rings is 1. The van der Waals surface area contributed by atoms with Crippen LogP contribution in [-0.2, 0) is 0 Å². The van der Waals surface area contributed by atoms with Gasteiger partial charge >= 0.3 is 0 Å². The molecule has 1 aliphatic heterocycles. The van der Waals surface area contributed by atoms with Crippen molar-refractivity contribution in [1.82, 2.24) is 14.7 Å². The molecule has 3 N–H and O–H groups in total. The molecule has 5 rings (SSSR count). The first-order chi connectivity index (χ1) is 12.5. The highest BCUT2D eigenvalue weighted by Gasteiger charge is 2.60. The molecule has 2 aliphatic carbocycles. The van der Waals surface area contributed by atoms with Gasteiger partial charge in [-0.05, 0) is 42.7 Å². The summed E-state index contributed by atoms with van der Waals surface area (Å²) in [4.78, 5) is 26.7. The maximum Gasteiger partial charge on any atom is 0.274 e. The number of aliphatic hydroxyl groups is 1. The Hall–Kier alpha value is -2.67. The van der Waals surface area contributed by atoms with Crippen LogP contribution in [0.5, 0.6) is 0 Å². The van der Waals surface area contributed by atoms with E-state index >= 15 is 0 Å². The highest BCUT2D eigenvalue weighted by atomic mass is 16.3. The number of nitrogens with two attached hydrogens (primary N) is 1. The molecule has 2 saturated carbocycles. The second-order valence-corrected chi connectivity index (χ2v) is 7.62. The first-order valence-corrected chi connectivity index (χ1v) is 8.99. The minimum Gasteiger partial charge on any atom is -0.391 e. The number of fused-ring (bicyclic) bond motifs is 1. The molecule has 2 amide bonds. The summed E-state index contributed by atoms with van der Waals surface area (Å²) in [5.74, 6) is 0.315. The topological polar surface area (TPSA) is 101 Å². The Morgan fingerprint density at radius 3 is 2.62 bits per heavy atom. The van der Waals surface area contributed by atoms with Gasteiger partial charge in [0.15, 0.2) is 5.69 Å². The van der Waals surface area contributed by atoms with Crippen molar-refractivity contribution in [3.8, 4) is 5.69 Å². The SMILES string of the molecule is NC(=O)c1cc(C(=O)N2CC3CC4CC3C2C4O)nn1-c1ccccc1. The van der Waals surface area contributed by atoms with Crippen LogP contribution in [0.25, 0.3) is 5.69 Å². The van der Waals surface area contributed by atoms with Crippen molar-refractivity contribution < 1.29 is 14.7 Å². The van der Waals surface area contributed by atoms with E-state index in [2.05, 4.69) is 5.10 Å². The highest BCUT2D eigenvalue weighted by molar-refractivity contribution is 5.98. The quantitative estimate of drug-likeness (QED) is 0.853. The number of aromatic nitrogens is 2. The number of carbonyl (C=O) groups is 2. The minimum atomic E-state index is -0.636. The number of rotatable bonds is 3. The van der Waals surface area contributed by atoms with Gasteiger partial charge in [0.2, 0.25) is 0 Å². The molecule has 26 heavy (non-hydrogen) atoms.